The third kappa shape index (κ3) is 3.61. The van der Waals surface area contributed by atoms with Gasteiger partial charge in [0.15, 0.2) is 0 Å². The maximum Gasteiger partial charge on any atom is 0.0619 e. The average Bonchev–Trinajstić information content (AvgIpc) is 3.57. The van der Waals surface area contributed by atoms with Gasteiger partial charge in [-0.3, -0.25) is 0 Å². The van der Waals surface area contributed by atoms with E-state index in [1.807, 2.05) is 11.3 Å². The molecule has 0 unspecified atom stereocenters. The predicted octanol–water partition coefficient (Wildman–Crippen LogP) is 11.8. The zero-order valence-electron chi connectivity index (χ0n) is 23.2. The summed E-state index contributed by atoms with van der Waals surface area (Å²) in [6.45, 7) is 4.29. The molecule has 8 rings (SSSR count). The van der Waals surface area contributed by atoms with Gasteiger partial charge in [-0.25, -0.2) is 0 Å². The van der Waals surface area contributed by atoms with Gasteiger partial charge in [0.2, 0.25) is 0 Å². The Hall–Kier alpha value is -4.66. The monoisotopic (exact) mass is 543 g/mol. The highest BCUT2D eigenvalue weighted by Crippen LogP contribution is 2.44. The van der Waals surface area contributed by atoms with Crippen molar-refractivity contribution >= 4 is 80.4 Å². The molecule has 0 atom stereocenters. The number of hydrogen-bond donors (Lipinski definition) is 0. The Balaban J connectivity index is 1.52. The van der Waals surface area contributed by atoms with Crippen molar-refractivity contribution in [2.75, 3.05) is 0 Å². The second kappa shape index (κ2) is 9.47. The zero-order chi connectivity index (χ0) is 27.5. The third-order valence-electron chi connectivity index (χ3n) is 8.36. The standard InChI is InChI=1S/C39H29NS/c1-3-10-25(11-4-2)27-12-9-13-28(24-27)40-34-16-7-5-14-29(34)31-22-21-30-32(39(31)40)20-18-26-19-23-36-38(37(26)30)33-15-6-8-17-35(33)41-36/h3,5-24H,4H2,1-2H3/b10-3-,25-11+. The smallest absolute Gasteiger partial charge is 0.0619 e. The van der Waals surface area contributed by atoms with Crippen LogP contribution in [0.15, 0.2) is 127 Å². The summed E-state index contributed by atoms with van der Waals surface area (Å²) >= 11 is 1.89. The van der Waals surface area contributed by atoms with Gasteiger partial charge in [0.25, 0.3) is 0 Å². The van der Waals surface area contributed by atoms with E-state index in [0.29, 0.717) is 0 Å². The molecule has 0 saturated carbocycles. The summed E-state index contributed by atoms with van der Waals surface area (Å²) in [6, 6.07) is 40.6. The predicted molar refractivity (Wildman–Crippen MR) is 182 cm³/mol. The first-order valence-electron chi connectivity index (χ1n) is 14.4. The van der Waals surface area contributed by atoms with Gasteiger partial charge < -0.3 is 4.57 Å². The van der Waals surface area contributed by atoms with Crippen molar-refractivity contribution < 1.29 is 0 Å². The molecule has 0 radical (unpaired) electrons. The summed E-state index contributed by atoms with van der Waals surface area (Å²) in [5, 5.41) is 10.5. The molecule has 0 aliphatic carbocycles. The molecule has 2 aromatic heterocycles. The lowest BCUT2D eigenvalue weighted by Crippen LogP contribution is -1.96. The summed E-state index contributed by atoms with van der Waals surface area (Å²) in [7, 11) is 0. The van der Waals surface area contributed by atoms with Crippen molar-refractivity contribution in [3.8, 4) is 5.69 Å². The average molecular weight is 544 g/mol. The van der Waals surface area contributed by atoms with Crippen molar-refractivity contribution in [3.63, 3.8) is 0 Å². The van der Waals surface area contributed by atoms with Gasteiger partial charge in [-0.1, -0.05) is 104 Å². The number of nitrogens with zero attached hydrogens (tertiary/aromatic N) is 1. The SMILES string of the molecule is C/C=C\C(=C/CC)c1cccc(-n2c3ccccc3c3ccc4c(ccc5ccc6sc7ccccc7c6c54)c32)c1. The van der Waals surface area contributed by atoms with E-state index in [1.54, 1.807) is 0 Å². The largest absolute Gasteiger partial charge is 0.309 e. The van der Waals surface area contributed by atoms with E-state index in [9.17, 15) is 0 Å². The van der Waals surface area contributed by atoms with Crippen LogP contribution in [0, 0.1) is 0 Å². The Bertz CT molecular complexity index is 2360. The van der Waals surface area contributed by atoms with E-state index in [0.717, 1.165) is 6.42 Å². The van der Waals surface area contributed by atoms with Gasteiger partial charge in [0, 0.05) is 42.0 Å². The quantitative estimate of drug-likeness (QED) is 0.154. The van der Waals surface area contributed by atoms with Crippen LogP contribution in [0.1, 0.15) is 25.8 Å². The maximum atomic E-state index is 2.48. The zero-order valence-corrected chi connectivity index (χ0v) is 24.0. The van der Waals surface area contributed by atoms with Gasteiger partial charge in [-0.2, -0.15) is 0 Å². The lowest BCUT2D eigenvalue weighted by atomic mass is 9.96. The number of thiophene rings is 1. The molecule has 0 bridgehead atoms. The van der Waals surface area contributed by atoms with E-state index < -0.39 is 0 Å². The highest BCUT2D eigenvalue weighted by Gasteiger charge is 2.18. The molecule has 41 heavy (non-hydrogen) atoms. The van der Waals surface area contributed by atoms with E-state index in [1.165, 1.54) is 80.3 Å². The Morgan fingerprint density at radius 3 is 2.32 bits per heavy atom. The molecule has 2 heterocycles. The van der Waals surface area contributed by atoms with Crippen molar-refractivity contribution in [1.29, 1.82) is 0 Å². The van der Waals surface area contributed by atoms with Crippen LogP contribution in [-0.4, -0.2) is 4.57 Å². The molecule has 0 aliphatic rings. The fourth-order valence-corrected chi connectivity index (χ4v) is 7.79. The molecule has 8 aromatic rings. The maximum absolute atomic E-state index is 2.48. The fraction of sp³-hybridized carbons (Fsp3) is 0.0769. The van der Waals surface area contributed by atoms with E-state index in [-0.39, 0.29) is 0 Å². The first kappa shape index (κ1) is 24.2. The van der Waals surface area contributed by atoms with Gasteiger partial charge in [-0.05, 0) is 71.0 Å². The first-order chi connectivity index (χ1) is 20.3. The molecule has 0 aliphatic heterocycles. The topological polar surface area (TPSA) is 4.93 Å². The first-order valence-corrected chi connectivity index (χ1v) is 15.2. The molecular formula is C39H29NS. The van der Waals surface area contributed by atoms with E-state index in [4.69, 9.17) is 0 Å². The van der Waals surface area contributed by atoms with Crippen molar-refractivity contribution in [1.82, 2.24) is 4.57 Å². The minimum atomic E-state index is 1.00. The van der Waals surface area contributed by atoms with Crippen LogP contribution in [-0.2, 0) is 0 Å². The molecule has 6 aromatic carbocycles. The van der Waals surface area contributed by atoms with E-state index >= 15 is 0 Å². The van der Waals surface area contributed by atoms with Gasteiger partial charge >= 0.3 is 0 Å². The minimum Gasteiger partial charge on any atom is -0.309 e. The number of allylic oxidation sites excluding steroid dienone is 4. The highest BCUT2D eigenvalue weighted by atomic mass is 32.1. The van der Waals surface area contributed by atoms with Crippen LogP contribution < -0.4 is 0 Å². The summed E-state index contributed by atoms with van der Waals surface area (Å²) in [5.74, 6) is 0. The van der Waals surface area contributed by atoms with Crippen LogP contribution in [0.5, 0.6) is 0 Å². The van der Waals surface area contributed by atoms with Crippen LogP contribution in [0.3, 0.4) is 0 Å². The summed E-state index contributed by atoms with van der Waals surface area (Å²) in [6.07, 6.45) is 7.65. The van der Waals surface area contributed by atoms with Crippen LogP contribution in [0.2, 0.25) is 0 Å². The minimum absolute atomic E-state index is 1.00. The molecule has 2 heteroatoms. The Labute approximate surface area is 243 Å². The normalized spacial score (nSPS) is 12.8. The number of benzene rings is 6. The summed E-state index contributed by atoms with van der Waals surface area (Å²) in [5.41, 5.74) is 6.20. The molecule has 0 N–H and O–H groups in total. The van der Waals surface area contributed by atoms with E-state index in [2.05, 4.69) is 146 Å². The second-order valence-electron chi connectivity index (χ2n) is 10.7. The number of hydrogen-bond acceptors (Lipinski definition) is 1. The lowest BCUT2D eigenvalue weighted by Gasteiger charge is -2.13. The highest BCUT2D eigenvalue weighted by molar-refractivity contribution is 7.26. The Kier molecular flexibility index (Phi) is 5.58. The molecule has 0 fully saturated rings. The molecular weight excluding hydrogens is 515 g/mol. The third-order valence-corrected chi connectivity index (χ3v) is 9.49. The van der Waals surface area contributed by atoms with Crippen LogP contribution >= 0.6 is 11.3 Å². The van der Waals surface area contributed by atoms with Crippen molar-refractivity contribution in [2.45, 2.75) is 20.3 Å². The Morgan fingerprint density at radius 2 is 1.44 bits per heavy atom. The van der Waals surface area contributed by atoms with Crippen LogP contribution in [0.4, 0.5) is 0 Å². The number of aromatic nitrogens is 1. The second-order valence-corrected chi connectivity index (χ2v) is 11.8. The molecule has 196 valence electrons. The van der Waals surface area contributed by atoms with Gasteiger partial charge in [0.05, 0.1) is 11.0 Å². The number of fused-ring (bicyclic) bond motifs is 11. The number of para-hydroxylation sites is 1. The van der Waals surface area contributed by atoms with Crippen molar-refractivity contribution in [2.24, 2.45) is 0 Å². The Morgan fingerprint density at radius 1 is 0.683 bits per heavy atom. The van der Waals surface area contributed by atoms with Gasteiger partial charge in [-0.15, -0.1) is 11.3 Å². The summed E-state index contributed by atoms with van der Waals surface area (Å²) in [4.78, 5) is 0. The van der Waals surface area contributed by atoms with Gasteiger partial charge in [0.1, 0.15) is 0 Å². The molecule has 0 amide bonds. The lowest BCUT2D eigenvalue weighted by molar-refractivity contribution is 1.18. The molecule has 0 saturated heterocycles. The fourth-order valence-electron chi connectivity index (χ4n) is 6.68. The van der Waals surface area contributed by atoms with Crippen LogP contribution in [0.25, 0.3) is 74.8 Å². The van der Waals surface area contributed by atoms with Crippen molar-refractivity contribution in [3.05, 3.63) is 133 Å². The number of rotatable bonds is 4. The molecule has 1 nitrogen and oxygen atoms in total. The summed E-state index contributed by atoms with van der Waals surface area (Å²) < 4.78 is 5.17. The molecule has 0 spiro atoms.